The van der Waals surface area contributed by atoms with Crippen molar-refractivity contribution < 1.29 is 22.7 Å². The van der Waals surface area contributed by atoms with Crippen molar-refractivity contribution in [3.05, 3.63) is 24.3 Å². The molecule has 1 aromatic rings. The Balaban J connectivity index is 0.00000288. The molecule has 2 rings (SSSR count). The van der Waals surface area contributed by atoms with Gasteiger partial charge in [-0.25, -0.2) is 0 Å². The number of rotatable bonds is 4. The fourth-order valence-corrected chi connectivity index (χ4v) is 2.18. The van der Waals surface area contributed by atoms with Crippen molar-refractivity contribution >= 4 is 41.5 Å². The summed E-state index contributed by atoms with van der Waals surface area (Å²) in [5.74, 6) is -0.316. The number of hydrogen-bond acceptors (Lipinski definition) is 3. The van der Waals surface area contributed by atoms with Gasteiger partial charge in [-0.05, 0) is 25.0 Å². The Morgan fingerprint density at radius 1 is 1.46 bits per heavy atom. The van der Waals surface area contributed by atoms with Crippen LogP contribution in [-0.2, 0) is 4.79 Å². The number of amides is 1. The molecule has 0 saturated carbocycles. The summed E-state index contributed by atoms with van der Waals surface area (Å²) in [4.78, 5) is 15.3. The van der Waals surface area contributed by atoms with Crippen LogP contribution in [0.2, 0.25) is 0 Å². The van der Waals surface area contributed by atoms with Gasteiger partial charge in [-0.1, -0.05) is 6.07 Å². The van der Waals surface area contributed by atoms with Crippen molar-refractivity contribution in [3.8, 4) is 5.75 Å². The van der Waals surface area contributed by atoms with E-state index in [1.807, 2.05) is 0 Å². The van der Waals surface area contributed by atoms with Gasteiger partial charge in [0.25, 0.3) is 0 Å². The van der Waals surface area contributed by atoms with Crippen LogP contribution in [0.3, 0.4) is 0 Å². The van der Waals surface area contributed by atoms with E-state index in [-0.39, 0.29) is 47.6 Å². The van der Waals surface area contributed by atoms with E-state index in [4.69, 9.17) is 5.73 Å². The fraction of sp³-hybridized carbons (Fsp3) is 0.429. The van der Waals surface area contributed by atoms with Gasteiger partial charge in [0.05, 0.1) is 6.54 Å². The first-order chi connectivity index (χ1) is 10.8. The van der Waals surface area contributed by atoms with Gasteiger partial charge < -0.3 is 21.1 Å². The molecule has 6 nitrogen and oxygen atoms in total. The largest absolute Gasteiger partial charge is 0.573 e. The Hall–Kier alpha value is -1.72. The molecule has 1 atom stereocenters. The second-order valence-electron chi connectivity index (χ2n) is 5.08. The van der Waals surface area contributed by atoms with E-state index in [0.717, 1.165) is 18.9 Å². The zero-order valence-corrected chi connectivity index (χ0v) is 14.9. The van der Waals surface area contributed by atoms with E-state index in [9.17, 15) is 18.0 Å². The summed E-state index contributed by atoms with van der Waals surface area (Å²) >= 11 is 0. The van der Waals surface area contributed by atoms with Gasteiger partial charge in [0.1, 0.15) is 5.75 Å². The molecule has 1 fully saturated rings. The minimum Gasteiger partial charge on any atom is -0.406 e. The zero-order chi connectivity index (χ0) is 16.9. The monoisotopic (exact) mass is 458 g/mol. The molecular formula is C14H18F3IN4O2. The Morgan fingerprint density at radius 3 is 2.88 bits per heavy atom. The van der Waals surface area contributed by atoms with Crippen molar-refractivity contribution in [1.29, 1.82) is 0 Å². The highest BCUT2D eigenvalue weighted by Gasteiger charge is 2.31. The molecule has 1 aliphatic rings. The highest BCUT2D eigenvalue weighted by Crippen LogP contribution is 2.24. The molecule has 0 spiro atoms. The van der Waals surface area contributed by atoms with Crippen molar-refractivity contribution in [1.82, 2.24) is 5.32 Å². The predicted octanol–water partition coefficient (Wildman–Crippen LogP) is 2.60. The summed E-state index contributed by atoms with van der Waals surface area (Å²) in [6.07, 6.45) is -2.62. The van der Waals surface area contributed by atoms with Crippen LogP contribution in [0.25, 0.3) is 0 Å². The molecule has 4 N–H and O–H groups in total. The van der Waals surface area contributed by atoms with E-state index >= 15 is 0 Å². The standard InChI is InChI=1S/C14H17F3N4O2.HI/c15-14(16,17)23-11-5-1-3-9(7-11)21-13(18)19-8-10-4-2-6-12(22)20-10;/h1,3,5,7,10H,2,4,6,8H2,(H,20,22)(H3,18,19,21);1H. The SMILES string of the molecule is I.NC(=NCC1CCCC(=O)N1)Nc1cccc(OC(F)(F)F)c1. The Labute approximate surface area is 154 Å². The number of halogens is 4. The summed E-state index contributed by atoms with van der Waals surface area (Å²) in [5.41, 5.74) is 6.02. The number of alkyl halides is 3. The molecule has 1 unspecified atom stereocenters. The summed E-state index contributed by atoms with van der Waals surface area (Å²) in [6, 6.07) is 5.21. The van der Waals surface area contributed by atoms with Crippen molar-refractivity contribution in [2.24, 2.45) is 10.7 Å². The lowest BCUT2D eigenvalue weighted by Crippen LogP contribution is -2.41. The van der Waals surface area contributed by atoms with Gasteiger partial charge >= 0.3 is 6.36 Å². The molecule has 1 aliphatic heterocycles. The number of nitrogens with zero attached hydrogens (tertiary/aromatic N) is 1. The maximum absolute atomic E-state index is 12.2. The number of piperidine rings is 1. The Bertz CT molecular complexity index is 596. The first kappa shape index (κ1) is 20.3. The normalized spacial score (nSPS) is 18.4. The molecule has 10 heteroatoms. The molecule has 0 radical (unpaired) electrons. The summed E-state index contributed by atoms with van der Waals surface area (Å²) in [7, 11) is 0. The Kier molecular flexibility index (Phi) is 7.58. The number of nitrogens with two attached hydrogens (primary N) is 1. The van der Waals surface area contributed by atoms with Crippen LogP contribution in [0.1, 0.15) is 19.3 Å². The molecule has 134 valence electrons. The average Bonchev–Trinajstić information content (AvgIpc) is 2.44. The number of hydrogen-bond donors (Lipinski definition) is 3. The molecule has 1 heterocycles. The average molecular weight is 458 g/mol. The lowest BCUT2D eigenvalue weighted by Gasteiger charge is -2.21. The van der Waals surface area contributed by atoms with Crippen LogP contribution in [0, 0.1) is 0 Å². The molecular weight excluding hydrogens is 440 g/mol. The van der Waals surface area contributed by atoms with Crippen LogP contribution in [0.5, 0.6) is 5.75 Å². The van der Waals surface area contributed by atoms with Gasteiger partial charge in [0, 0.05) is 24.2 Å². The molecule has 0 aromatic heterocycles. The van der Waals surface area contributed by atoms with Gasteiger partial charge in [-0.2, -0.15) is 0 Å². The molecule has 0 bridgehead atoms. The highest BCUT2D eigenvalue weighted by molar-refractivity contribution is 14.0. The second kappa shape index (κ2) is 8.94. The number of carbonyl (C=O) groups is 1. The third kappa shape index (κ3) is 7.23. The lowest BCUT2D eigenvalue weighted by molar-refractivity contribution is -0.274. The lowest BCUT2D eigenvalue weighted by atomic mass is 10.0. The summed E-state index contributed by atoms with van der Waals surface area (Å²) in [5, 5.41) is 5.48. The molecule has 24 heavy (non-hydrogen) atoms. The van der Waals surface area contributed by atoms with Gasteiger partial charge in [0.2, 0.25) is 5.91 Å². The van der Waals surface area contributed by atoms with Crippen LogP contribution in [-0.4, -0.2) is 30.8 Å². The molecule has 1 saturated heterocycles. The molecule has 1 amide bonds. The summed E-state index contributed by atoms with van der Waals surface area (Å²) < 4.78 is 40.3. The van der Waals surface area contributed by atoms with Crippen LogP contribution < -0.4 is 21.1 Å². The topological polar surface area (TPSA) is 88.7 Å². The minimum atomic E-state index is -4.75. The van der Waals surface area contributed by atoms with E-state index < -0.39 is 6.36 Å². The second-order valence-corrected chi connectivity index (χ2v) is 5.08. The number of guanidine groups is 1. The highest BCUT2D eigenvalue weighted by atomic mass is 127. The van der Waals surface area contributed by atoms with E-state index in [1.165, 1.54) is 18.2 Å². The molecule has 0 aliphatic carbocycles. The number of aliphatic imine (C=N–C) groups is 1. The maximum atomic E-state index is 12.2. The van der Waals surface area contributed by atoms with Gasteiger partial charge in [-0.3, -0.25) is 9.79 Å². The molecule has 1 aromatic carbocycles. The van der Waals surface area contributed by atoms with Crippen molar-refractivity contribution in [3.63, 3.8) is 0 Å². The van der Waals surface area contributed by atoms with Crippen molar-refractivity contribution in [2.75, 3.05) is 11.9 Å². The third-order valence-corrected chi connectivity index (χ3v) is 3.14. The number of carbonyl (C=O) groups excluding carboxylic acids is 1. The number of benzene rings is 1. The van der Waals surface area contributed by atoms with E-state index in [0.29, 0.717) is 18.7 Å². The summed E-state index contributed by atoms with van der Waals surface area (Å²) in [6.45, 7) is 0.309. The van der Waals surface area contributed by atoms with Gasteiger partial charge in [-0.15, -0.1) is 37.1 Å². The van der Waals surface area contributed by atoms with Crippen molar-refractivity contribution in [2.45, 2.75) is 31.7 Å². The van der Waals surface area contributed by atoms with Crippen LogP contribution in [0.4, 0.5) is 18.9 Å². The van der Waals surface area contributed by atoms with E-state index in [1.54, 1.807) is 0 Å². The minimum absolute atomic E-state index is 0. The zero-order valence-electron chi connectivity index (χ0n) is 12.6. The quantitative estimate of drug-likeness (QED) is 0.368. The van der Waals surface area contributed by atoms with Crippen LogP contribution in [0.15, 0.2) is 29.3 Å². The number of nitrogens with one attached hydrogen (secondary N) is 2. The van der Waals surface area contributed by atoms with Crippen LogP contribution >= 0.6 is 24.0 Å². The number of ether oxygens (including phenoxy) is 1. The smallest absolute Gasteiger partial charge is 0.406 e. The predicted molar refractivity (Wildman–Crippen MR) is 94.4 cm³/mol. The van der Waals surface area contributed by atoms with Gasteiger partial charge in [0.15, 0.2) is 5.96 Å². The first-order valence-corrected chi connectivity index (χ1v) is 7.04. The number of anilines is 1. The van der Waals surface area contributed by atoms with E-state index in [2.05, 4.69) is 20.4 Å². The maximum Gasteiger partial charge on any atom is 0.573 e. The first-order valence-electron chi connectivity index (χ1n) is 7.04. The Morgan fingerprint density at radius 2 is 2.21 bits per heavy atom. The third-order valence-electron chi connectivity index (χ3n) is 3.14. The fourth-order valence-electron chi connectivity index (χ4n) is 2.18.